The molecule has 0 aliphatic rings. The van der Waals surface area contributed by atoms with Crippen LogP contribution in [0.1, 0.15) is 11.1 Å². The van der Waals surface area contributed by atoms with Crippen LogP contribution in [-0.2, 0) is 6.54 Å². The number of aliphatic imine (C=N–C) groups is 1. The summed E-state index contributed by atoms with van der Waals surface area (Å²) in [6.45, 7) is 0.680. The minimum atomic E-state index is 0.680. The Hall–Kier alpha value is -1.23. The molecule has 2 aromatic rings. The summed E-state index contributed by atoms with van der Waals surface area (Å²) in [5.74, 6) is 0. The number of hydrogen-bond donors (Lipinski definition) is 0. The van der Waals surface area contributed by atoms with Gasteiger partial charge in [0, 0.05) is 22.2 Å². The number of halogens is 1. The van der Waals surface area contributed by atoms with Crippen LogP contribution in [0.3, 0.4) is 0 Å². The van der Waals surface area contributed by atoms with E-state index >= 15 is 0 Å². The molecule has 0 radical (unpaired) electrons. The first kappa shape index (κ1) is 11.3. The van der Waals surface area contributed by atoms with Gasteiger partial charge in [-0.3, -0.25) is 9.98 Å². The Labute approximate surface area is 109 Å². The fourth-order valence-corrected chi connectivity index (χ4v) is 1.66. The van der Waals surface area contributed by atoms with Crippen molar-refractivity contribution in [2.24, 2.45) is 4.99 Å². The first-order valence-electron chi connectivity index (χ1n) is 4.99. The summed E-state index contributed by atoms with van der Waals surface area (Å²) in [5.41, 5.74) is 2.26. The van der Waals surface area contributed by atoms with Gasteiger partial charge in [0.1, 0.15) is 0 Å². The molecule has 80 valence electrons. The van der Waals surface area contributed by atoms with E-state index in [0.717, 1.165) is 11.1 Å². The third-order valence-corrected chi connectivity index (χ3v) is 2.83. The van der Waals surface area contributed by atoms with Crippen LogP contribution in [0.5, 0.6) is 0 Å². The molecule has 3 heteroatoms. The van der Waals surface area contributed by atoms with Crippen molar-refractivity contribution in [2.75, 3.05) is 0 Å². The van der Waals surface area contributed by atoms with Gasteiger partial charge in [0.05, 0.1) is 6.54 Å². The molecule has 1 heterocycles. The van der Waals surface area contributed by atoms with E-state index < -0.39 is 0 Å². The maximum Gasteiger partial charge on any atom is 0.0654 e. The number of aromatic nitrogens is 1. The second-order valence-electron chi connectivity index (χ2n) is 3.38. The standard InChI is InChI=1S/C13H11IN2/c14-13-5-3-11(4-6-13)8-16-10-12-2-1-7-15-9-12/h1-9H,10H2. The number of hydrogen-bond acceptors (Lipinski definition) is 2. The summed E-state index contributed by atoms with van der Waals surface area (Å²) in [4.78, 5) is 8.42. The van der Waals surface area contributed by atoms with E-state index in [2.05, 4.69) is 56.8 Å². The summed E-state index contributed by atoms with van der Waals surface area (Å²) < 4.78 is 1.24. The Morgan fingerprint density at radius 3 is 2.69 bits per heavy atom. The van der Waals surface area contributed by atoms with Crippen LogP contribution in [-0.4, -0.2) is 11.2 Å². The molecule has 0 atom stereocenters. The smallest absolute Gasteiger partial charge is 0.0654 e. The molecule has 16 heavy (non-hydrogen) atoms. The van der Waals surface area contributed by atoms with Crippen LogP contribution in [0.2, 0.25) is 0 Å². The van der Waals surface area contributed by atoms with Crippen molar-refractivity contribution in [1.82, 2.24) is 4.98 Å². The highest BCUT2D eigenvalue weighted by Gasteiger charge is 1.89. The second kappa shape index (κ2) is 5.75. The molecule has 0 aliphatic carbocycles. The van der Waals surface area contributed by atoms with E-state index in [4.69, 9.17) is 0 Å². The SMILES string of the molecule is Ic1ccc(C=NCc2cccnc2)cc1. The Balaban J connectivity index is 1.98. The van der Waals surface area contributed by atoms with Gasteiger partial charge >= 0.3 is 0 Å². The molecule has 0 bridgehead atoms. The van der Waals surface area contributed by atoms with Crippen molar-refractivity contribution < 1.29 is 0 Å². The molecule has 0 spiro atoms. The zero-order valence-electron chi connectivity index (χ0n) is 8.68. The Morgan fingerprint density at radius 2 is 2.00 bits per heavy atom. The largest absolute Gasteiger partial charge is 0.288 e. The fraction of sp³-hybridized carbons (Fsp3) is 0.0769. The fourth-order valence-electron chi connectivity index (χ4n) is 1.30. The van der Waals surface area contributed by atoms with Gasteiger partial charge in [-0.25, -0.2) is 0 Å². The predicted octanol–water partition coefficient (Wildman–Crippen LogP) is 3.31. The maximum atomic E-state index is 4.37. The van der Waals surface area contributed by atoms with Crippen molar-refractivity contribution in [2.45, 2.75) is 6.54 Å². The summed E-state index contributed by atoms with van der Waals surface area (Å²) in [6, 6.07) is 12.2. The summed E-state index contributed by atoms with van der Waals surface area (Å²) in [7, 11) is 0. The van der Waals surface area contributed by atoms with Gasteiger partial charge in [0.25, 0.3) is 0 Å². The van der Waals surface area contributed by atoms with Crippen LogP contribution < -0.4 is 0 Å². The molecule has 0 unspecified atom stereocenters. The van der Waals surface area contributed by atoms with Crippen molar-refractivity contribution >= 4 is 28.8 Å². The Kier molecular flexibility index (Phi) is 4.04. The molecule has 0 saturated heterocycles. The molecule has 0 amide bonds. The van der Waals surface area contributed by atoms with Crippen molar-refractivity contribution in [3.63, 3.8) is 0 Å². The van der Waals surface area contributed by atoms with Gasteiger partial charge < -0.3 is 0 Å². The van der Waals surface area contributed by atoms with E-state index in [0.29, 0.717) is 6.54 Å². The predicted molar refractivity (Wildman–Crippen MR) is 74.7 cm³/mol. The molecular formula is C13H11IN2. The lowest BCUT2D eigenvalue weighted by atomic mass is 10.2. The molecule has 0 N–H and O–H groups in total. The third kappa shape index (κ3) is 3.41. The van der Waals surface area contributed by atoms with Crippen LogP contribution in [0.25, 0.3) is 0 Å². The monoisotopic (exact) mass is 322 g/mol. The van der Waals surface area contributed by atoms with Gasteiger partial charge in [0.15, 0.2) is 0 Å². The lowest BCUT2D eigenvalue weighted by Crippen LogP contribution is -1.85. The molecule has 1 aromatic heterocycles. The minimum Gasteiger partial charge on any atom is -0.288 e. The molecule has 0 fully saturated rings. The number of pyridine rings is 1. The number of benzene rings is 1. The first-order chi connectivity index (χ1) is 7.84. The summed E-state index contributed by atoms with van der Waals surface area (Å²) >= 11 is 2.29. The highest BCUT2D eigenvalue weighted by Crippen LogP contribution is 2.05. The van der Waals surface area contributed by atoms with Gasteiger partial charge in [-0.1, -0.05) is 18.2 Å². The average molecular weight is 322 g/mol. The topological polar surface area (TPSA) is 25.2 Å². The number of rotatable bonds is 3. The second-order valence-corrected chi connectivity index (χ2v) is 4.63. The average Bonchev–Trinajstić information content (AvgIpc) is 2.33. The Morgan fingerprint density at radius 1 is 1.19 bits per heavy atom. The van der Waals surface area contributed by atoms with E-state index in [1.165, 1.54) is 3.57 Å². The van der Waals surface area contributed by atoms with Crippen LogP contribution in [0.15, 0.2) is 53.8 Å². The van der Waals surface area contributed by atoms with Crippen molar-refractivity contribution in [3.8, 4) is 0 Å². The van der Waals surface area contributed by atoms with Crippen molar-refractivity contribution in [1.29, 1.82) is 0 Å². The zero-order valence-corrected chi connectivity index (χ0v) is 10.8. The molecule has 2 rings (SSSR count). The zero-order chi connectivity index (χ0) is 11.2. The van der Waals surface area contributed by atoms with Gasteiger partial charge in [-0.05, 0) is 51.9 Å². The van der Waals surface area contributed by atoms with Crippen LogP contribution in [0.4, 0.5) is 0 Å². The van der Waals surface area contributed by atoms with E-state index in [-0.39, 0.29) is 0 Å². The number of nitrogens with zero attached hydrogens (tertiary/aromatic N) is 2. The molecular weight excluding hydrogens is 311 g/mol. The third-order valence-electron chi connectivity index (χ3n) is 2.11. The van der Waals surface area contributed by atoms with Gasteiger partial charge in [0.2, 0.25) is 0 Å². The normalized spacial score (nSPS) is 10.8. The molecule has 1 aromatic carbocycles. The lowest BCUT2D eigenvalue weighted by Gasteiger charge is -1.95. The lowest BCUT2D eigenvalue weighted by molar-refractivity contribution is 1.05. The van der Waals surface area contributed by atoms with Crippen LogP contribution in [0, 0.1) is 3.57 Å². The van der Waals surface area contributed by atoms with Crippen LogP contribution >= 0.6 is 22.6 Å². The first-order valence-corrected chi connectivity index (χ1v) is 6.07. The Bertz CT molecular complexity index is 463. The minimum absolute atomic E-state index is 0.680. The quantitative estimate of drug-likeness (QED) is 0.629. The molecule has 0 aliphatic heterocycles. The van der Waals surface area contributed by atoms with Gasteiger partial charge in [-0.15, -0.1) is 0 Å². The highest BCUT2D eigenvalue weighted by atomic mass is 127. The van der Waals surface area contributed by atoms with E-state index in [1.54, 1.807) is 6.20 Å². The maximum absolute atomic E-state index is 4.37. The molecule has 2 nitrogen and oxygen atoms in total. The highest BCUT2D eigenvalue weighted by molar-refractivity contribution is 14.1. The van der Waals surface area contributed by atoms with E-state index in [9.17, 15) is 0 Å². The van der Waals surface area contributed by atoms with Crippen molar-refractivity contribution in [3.05, 3.63) is 63.5 Å². The van der Waals surface area contributed by atoms with E-state index in [1.807, 2.05) is 24.5 Å². The molecule has 0 saturated carbocycles. The summed E-state index contributed by atoms with van der Waals surface area (Å²) in [5, 5.41) is 0. The summed E-state index contributed by atoms with van der Waals surface area (Å²) in [6.07, 6.45) is 5.50. The van der Waals surface area contributed by atoms with Gasteiger partial charge in [-0.2, -0.15) is 0 Å².